The first-order valence-electron chi connectivity index (χ1n) is 8.92. The maximum Gasteiger partial charge on any atom is 0.124 e. The van der Waals surface area contributed by atoms with Crippen LogP contribution in [0.25, 0.3) is 0 Å². The first-order chi connectivity index (χ1) is 13.9. The lowest BCUT2D eigenvalue weighted by atomic mass is 10.1. The molecule has 0 amide bonds. The smallest absolute Gasteiger partial charge is 0.124 e. The molecule has 0 aliphatic rings. The summed E-state index contributed by atoms with van der Waals surface area (Å²) in [4.78, 5) is 0. The maximum absolute atomic E-state index is 6.24. The lowest BCUT2D eigenvalue weighted by Gasteiger charge is -2.14. The zero-order chi connectivity index (χ0) is 20.8. The van der Waals surface area contributed by atoms with Gasteiger partial charge in [-0.1, -0.05) is 74.5 Å². The van der Waals surface area contributed by atoms with Gasteiger partial charge in [-0.3, -0.25) is 0 Å². The van der Waals surface area contributed by atoms with E-state index in [1.54, 1.807) is 18.2 Å². The van der Waals surface area contributed by atoms with Crippen LogP contribution in [0, 0.1) is 0 Å². The van der Waals surface area contributed by atoms with Crippen LogP contribution >= 0.6 is 74.7 Å². The van der Waals surface area contributed by atoms with Crippen molar-refractivity contribution in [3.8, 4) is 5.75 Å². The summed E-state index contributed by atoms with van der Waals surface area (Å²) >= 11 is 27.9. The molecule has 0 fully saturated rings. The van der Waals surface area contributed by atoms with Gasteiger partial charge in [-0.05, 0) is 61.0 Å². The minimum atomic E-state index is 0. The summed E-state index contributed by atoms with van der Waals surface area (Å²) < 4.78 is 7.01. The van der Waals surface area contributed by atoms with Gasteiger partial charge in [0.05, 0.1) is 0 Å². The highest BCUT2D eigenvalue weighted by atomic mass is 79.9. The van der Waals surface area contributed by atoms with E-state index >= 15 is 0 Å². The molecule has 0 aliphatic carbocycles. The molecule has 1 N–H and O–H groups in total. The largest absolute Gasteiger partial charge is 0.489 e. The number of benzene rings is 3. The van der Waals surface area contributed by atoms with Crippen molar-refractivity contribution in [2.24, 2.45) is 0 Å². The van der Waals surface area contributed by atoms with Crippen LogP contribution in [-0.2, 0) is 19.6 Å². The lowest BCUT2D eigenvalue weighted by molar-refractivity contribution is 0.302. The van der Waals surface area contributed by atoms with Gasteiger partial charge < -0.3 is 10.1 Å². The van der Waals surface area contributed by atoms with Crippen molar-refractivity contribution in [3.63, 3.8) is 0 Å². The standard InChI is InChI=1S/C22H18BrCl4NO.ClH/c23-17-3-6-22(29-13-15-2-5-19(25)11-21(15)27)16(9-17)12-28-8-7-14-1-4-18(24)10-20(14)26;/h1-6,9-11,28H,7-8,12-13H2;1H. The Labute approximate surface area is 211 Å². The van der Waals surface area contributed by atoms with E-state index in [1.807, 2.05) is 36.4 Å². The molecule has 30 heavy (non-hydrogen) atoms. The number of hydrogen-bond donors (Lipinski definition) is 1. The van der Waals surface area contributed by atoms with Crippen molar-refractivity contribution >= 4 is 74.7 Å². The summed E-state index contributed by atoms with van der Waals surface area (Å²) in [5.41, 5.74) is 2.99. The third-order valence-corrected chi connectivity index (χ3v) is 5.99. The molecule has 0 aromatic heterocycles. The Morgan fingerprint density at radius 1 is 0.767 bits per heavy atom. The summed E-state index contributed by atoms with van der Waals surface area (Å²) in [6, 6.07) is 16.9. The Kier molecular flexibility index (Phi) is 10.6. The molecule has 0 spiro atoms. The Morgan fingerprint density at radius 2 is 1.40 bits per heavy atom. The monoisotopic (exact) mass is 567 g/mol. The molecule has 0 saturated carbocycles. The van der Waals surface area contributed by atoms with Crippen molar-refractivity contribution in [3.05, 3.63) is 95.9 Å². The van der Waals surface area contributed by atoms with E-state index in [1.165, 1.54) is 0 Å². The van der Waals surface area contributed by atoms with Gasteiger partial charge in [-0.15, -0.1) is 12.4 Å². The molecule has 0 saturated heterocycles. The normalized spacial score (nSPS) is 10.6. The molecule has 0 radical (unpaired) electrons. The molecule has 3 aromatic carbocycles. The molecule has 3 aromatic rings. The second-order valence-electron chi connectivity index (χ2n) is 6.44. The van der Waals surface area contributed by atoms with Crippen LogP contribution in [0.1, 0.15) is 16.7 Å². The van der Waals surface area contributed by atoms with E-state index < -0.39 is 0 Å². The van der Waals surface area contributed by atoms with E-state index in [-0.39, 0.29) is 12.4 Å². The van der Waals surface area contributed by atoms with Crippen LogP contribution < -0.4 is 10.1 Å². The molecule has 8 heteroatoms. The molecule has 2 nitrogen and oxygen atoms in total. The number of rotatable bonds is 8. The lowest BCUT2D eigenvalue weighted by Crippen LogP contribution is -2.17. The number of hydrogen-bond acceptors (Lipinski definition) is 2. The van der Waals surface area contributed by atoms with E-state index in [0.717, 1.165) is 39.9 Å². The molecular weight excluding hydrogens is 551 g/mol. The molecular formula is C22H19BrCl5NO. The zero-order valence-corrected chi connectivity index (χ0v) is 21.2. The topological polar surface area (TPSA) is 21.3 Å². The van der Waals surface area contributed by atoms with Gasteiger partial charge in [-0.25, -0.2) is 0 Å². The Bertz CT molecular complexity index is 999. The molecule has 3 rings (SSSR count). The van der Waals surface area contributed by atoms with Crippen LogP contribution in [0.4, 0.5) is 0 Å². The predicted octanol–water partition coefficient (Wildman–Crippen LogP) is 8.40. The molecule has 0 atom stereocenters. The minimum absolute atomic E-state index is 0. The van der Waals surface area contributed by atoms with E-state index in [9.17, 15) is 0 Å². The van der Waals surface area contributed by atoms with Gasteiger partial charge >= 0.3 is 0 Å². The second-order valence-corrected chi connectivity index (χ2v) is 9.04. The molecule has 0 heterocycles. The predicted molar refractivity (Wildman–Crippen MR) is 134 cm³/mol. The SMILES string of the molecule is Cl.Clc1ccc(CCNCc2cc(Br)ccc2OCc2ccc(Cl)cc2Cl)c(Cl)c1. The van der Waals surface area contributed by atoms with Gasteiger partial charge in [0.25, 0.3) is 0 Å². The fourth-order valence-electron chi connectivity index (χ4n) is 2.79. The second kappa shape index (κ2) is 12.4. The van der Waals surface area contributed by atoms with E-state index in [0.29, 0.717) is 33.2 Å². The van der Waals surface area contributed by atoms with Crippen LogP contribution in [0.2, 0.25) is 20.1 Å². The van der Waals surface area contributed by atoms with Crippen LogP contribution in [0.3, 0.4) is 0 Å². The van der Waals surface area contributed by atoms with Crippen molar-refractivity contribution in [2.75, 3.05) is 6.54 Å². The Hall–Kier alpha value is -0.650. The highest BCUT2D eigenvalue weighted by Gasteiger charge is 2.08. The molecule has 0 aliphatic heterocycles. The Morgan fingerprint density at radius 3 is 2.03 bits per heavy atom. The van der Waals surface area contributed by atoms with Crippen LogP contribution in [-0.4, -0.2) is 6.54 Å². The Balaban J connectivity index is 0.00000320. The van der Waals surface area contributed by atoms with Crippen LogP contribution in [0.5, 0.6) is 5.75 Å². The molecule has 0 bridgehead atoms. The highest BCUT2D eigenvalue weighted by molar-refractivity contribution is 9.10. The van der Waals surface area contributed by atoms with Gasteiger partial charge in [0, 0.05) is 42.2 Å². The van der Waals surface area contributed by atoms with Crippen molar-refractivity contribution in [2.45, 2.75) is 19.6 Å². The summed E-state index contributed by atoms with van der Waals surface area (Å²) in [6.45, 7) is 1.80. The van der Waals surface area contributed by atoms with E-state index in [2.05, 4.69) is 21.2 Å². The highest BCUT2D eigenvalue weighted by Crippen LogP contribution is 2.27. The van der Waals surface area contributed by atoms with Gasteiger partial charge in [0.2, 0.25) is 0 Å². The van der Waals surface area contributed by atoms with Crippen molar-refractivity contribution < 1.29 is 4.74 Å². The number of nitrogens with one attached hydrogen (secondary N) is 1. The number of halogens is 6. The molecule has 160 valence electrons. The van der Waals surface area contributed by atoms with Gasteiger partial charge in [-0.2, -0.15) is 0 Å². The fraction of sp³-hybridized carbons (Fsp3) is 0.182. The summed E-state index contributed by atoms with van der Waals surface area (Å²) in [5, 5.41) is 5.96. The van der Waals surface area contributed by atoms with E-state index in [4.69, 9.17) is 51.1 Å². The average molecular weight is 571 g/mol. The van der Waals surface area contributed by atoms with Gasteiger partial charge in [0.15, 0.2) is 0 Å². The fourth-order valence-corrected chi connectivity index (χ4v) is 4.17. The van der Waals surface area contributed by atoms with Crippen molar-refractivity contribution in [1.82, 2.24) is 5.32 Å². The first-order valence-corrected chi connectivity index (χ1v) is 11.2. The third-order valence-electron chi connectivity index (χ3n) is 4.32. The van der Waals surface area contributed by atoms with Gasteiger partial charge in [0.1, 0.15) is 12.4 Å². The molecule has 0 unspecified atom stereocenters. The maximum atomic E-state index is 6.24. The summed E-state index contributed by atoms with van der Waals surface area (Å²) in [7, 11) is 0. The first kappa shape index (κ1) is 25.6. The third kappa shape index (κ3) is 7.49. The summed E-state index contributed by atoms with van der Waals surface area (Å²) in [6.07, 6.45) is 0.806. The summed E-state index contributed by atoms with van der Waals surface area (Å²) in [5.74, 6) is 0.802. The minimum Gasteiger partial charge on any atom is -0.489 e. The zero-order valence-electron chi connectivity index (χ0n) is 15.7. The number of ether oxygens (including phenoxy) is 1. The van der Waals surface area contributed by atoms with Crippen LogP contribution in [0.15, 0.2) is 59.1 Å². The average Bonchev–Trinajstić information content (AvgIpc) is 2.67. The quantitative estimate of drug-likeness (QED) is 0.275. The van der Waals surface area contributed by atoms with Crippen molar-refractivity contribution in [1.29, 1.82) is 0 Å².